The summed E-state index contributed by atoms with van der Waals surface area (Å²) in [6, 6.07) is 0. The molecule has 0 radical (unpaired) electrons. The SMILES string of the molecule is CC1CCCC2(C(=O)C(CO)C(O)C3OC3CO)CCC3C(=CCC4C3(C)CCC3C(C)(C)C(O)CCC34C)C12. The van der Waals surface area contributed by atoms with Crippen LogP contribution in [0.2, 0.25) is 0 Å². The summed E-state index contributed by atoms with van der Waals surface area (Å²) in [4.78, 5) is 14.5. The van der Waals surface area contributed by atoms with Gasteiger partial charge in [-0.1, -0.05) is 59.1 Å². The highest BCUT2D eigenvalue weighted by Crippen LogP contribution is 2.72. The van der Waals surface area contributed by atoms with Crippen LogP contribution in [0.5, 0.6) is 0 Å². The van der Waals surface area contributed by atoms with Crippen molar-refractivity contribution >= 4 is 5.78 Å². The van der Waals surface area contributed by atoms with E-state index in [1.165, 1.54) is 12.0 Å². The number of ketones is 1. The van der Waals surface area contributed by atoms with Crippen LogP contribution in [0.1, 0.15) is 98.8 Å². The van der Waals surface area contributed by atoms with Crippen LogP contribution in [-0.4, -0.2) is 63.8 Å². The molecule has 0 aromatic carbocycles. The zero-order valence-corrected chi connectivity index (χ0v) is 25.4. The first-order valence-electron chi connectivity index (χ1n) is 16.3. The van der Waals surface area contributed by atoms with E-state index in [1.807, 2.05) is 0 Å². The number of rotatable bonds is 6. The van der Waals surface area contributed by atoms with Gasteiger partial charge in [0.2, 0.25) is 0 Å². The molecule has 1 saturated heterocycles. The lowest BCUT2D eigenvalue weighted by Gasteiger charge is -2.68. The number of fused-ring (bicyclic) bond motifs is 7. The average molecular weight is 559 g/mol. The number of hydrogen-bond donors (Lipinski definition) is 4. The maximum Gasteiger partial charge on any atom is 0.147 e. The fourth-order valence-corrected chi connectivity index (χ4v) is 12.0. The van der Waals surface area contributed by atoms with E-state index < -0.39 is 29.6 Å². The number of allylic oxidation sites excluding steroid dienone is 2. The van der Waals surface area contributed by atoms with Gasteiger partial charge in [0.25, 0.3) is 0 Å². The first-order chi connectivity index (χ1) is 18.9. The van der Waals surface area contributed by atoms with Crippen LogP contribution in [-0.2, 0) is 9.53 Å². The lowest BCUT2D eigenvalue weighted by atomic mass is 9.36. The molecule has 4 N–H and O–H groups in total. The van der Waals surface area contributed by atoms with Crippen LogP contribution in [0.25, 0.3) is 0 Å². The zero-order valence-electron chi connectivity index (χ0n) is 25.4. The largest absolute Gasteiger partial charge is 0.396 e. The van der Waals surface area contributed by atoms with E-state index in [2.05, 4.69) is 40.7 Å². The second-order valence-electron chi connectivity index (χ2n) is 16.0. The Bertz CT molecular complexity index is 1040. The van der Waals surface area contributed by atoms with Gasteiger partial charge < -0.3 is 25.2 Å². The molecule has 5 aliphatic carbocycles. The molecule has 13 unspecified atom stereocenters. The molecule has 0 amide bonds. The Labute approximate surface area is 241 Å². The standard InChI is InChI=1S/C34H54O6/c1-19-7-6-13-34(30(39)21(17-35)28(38)29-23(18-36)40-29)16-10-22-20(27(19)34)8-9-25-32(22,4)14-11-24-31(2,3)26(37)12-15-33(24,25)5/h8,19,21-29,35-38H,6-7,9-18H2,1-5H3. The molecule has 4 saturated carbocycles. The highest BCUT2D eigenvalue weighted by atomic mass is 16.6. The third-order valence-electron chi connectivity index (χ3n) is 14.1. The minimum absolute atomic E-state index is 0.0246. The summed E-state index contributed by atoms with van der Waals surface area (Å²) in [6.45, 7) is 11.4. The third kappa shape index (κ3) is 3.94. The Morgan fingerprint density at radius 1 is 1.00 bits per heavy atom. The van der Waals surface area contributed by atoms with Gasteiger partial charge in [-0.05, 0) is 97.2 Å². The summed E-state index contributed by atoms with van der Waals surface area (Å²) >= 11 is 0. The van der Waals surface area contributed by atoms with E-state index >= 15 is 0 Å². The Hall–Kier alpha value is -0.790. The van der Waals surface area contributed by atoms with Gasteiger partial charge in [-0.2, -0.15) is 0 Å². The van der Waals surface area contributed by atoms with E-state index in [0.717, 1.165) is 57.8 Å². The van der Waals surface area contributed by atoms with E-state index in [-0.39, 0.29) is 47.3 Å². The summed E-state index contributed by atoms with van der Waals surface area (Å²) in [5.74, 6) is 1.27. The van der Waals surface area contributed by atoms with Crippen LogP contribution in [0.4, 0.5) is 0 Å². The summed E-state index contributed by atoms with van der Waals surface area (Å²) in [5, 5.41) is 41.9. The maximum atomic E-state index is 14.5. The van der Waals surface area contributed by atoms with Crippen LogP contribution >= 0.6 is 0 Å². The fourth-order valence-electron chi connectivity index (χ4n) is 12.0. The molecule has 226 valence electrons. The number of ether oxygens (including phenoxy) is 1. The number of aliphatic hydroxyl groups is 4. The first kappa shape index (κ1) is 29.3. The van der Waals surface area contributed by atoms with Gasteiger partial charge in [0.1, 0.15) is 18.0 Å². The third-order valence-corrected chi connectivity index (χ3v) is 14.1. The number of carbonyl (C=O) groups is 1. The van der Waals surface area contributed by atoms with E-state index in [1.54, 1.807) is 0 Å². The second-order valence-corrected chi connectivity index (χ2v) is 16.0. The Balaban J connectivity index is 1.34. The molecule has 6 nitrogen and oxygen atoms in total. The molecule has 6 rings (SSSR count). The predicted octanol–water partition coefficient (Wildman–Crippen LogP) is 4.67. The molecule has 6 heteroatoms. The fraction of sp³-hybridized carbons (Fsp3) is 0.912. The molecule has 0 aromatic rings. The first-order valence-corrected chi connectivity index (χ1v) is 16.3. The molecule has 6 aliphatic rings. The van der Waals surface area contributed by atoms with Gasteiger partial charge in [0, 0.05) is 5.41 Å². The highest BCUT2D eigenvalue weighted by Gasteiger charge is 2.66. The predicted molar refractivity (Wildman–Crippen MR) is 153 cm³/mol. The Morgan fingerprint density at radius 2 is 1.73 bits per heavy atom. The number of epoxide rings is 1. The molecule has 0 bridgehead atoms. The minimum Gasteiger partial charge on any atom is -0.396 e. The van der Waals surface area contributed by atoms with E-state index in [9.17, 15) is 25.2 Å². The number of Topliss-reactive ketones (excluding diaryl/α,β-unsaturated/α-hetero) is 1. The molecule has 0 aromatic heterocycles. The molecule has 1 aliphatic heterocycles. The van der Waals surface area contributed by atoms with Crippen molar-refractivity contribution in [2.45, 2.75) is 123 Å². The van der Waals surface area contributed by atoms with Gasteiger partial charge in [-0.3, -0.25) is 4.79 Å². The number of carbonyl (C=O) groups excluding carboxylic acids is 1. The topological polar surface area (TPSA) is 111 Å². The molecule has 40 heavy (non-hydrogen) atoms. The van der Waals surface area contributed by atoms with Crippen molar-refractivity contribution in [1.82, 2.24) is 0 Å². The molecule has 5 fully saturated rings. The second kappa shape index (κ2) is 9.87. The van der Waals surface area contributed by atoms with Gasteiger partial charge in [-0.15, -0.1) is 0 Å². The van der Waals surface area contributed by atoms with Crippen LogP contribution in [0.15, 0.2) is 11.6 Å². The van der Waals surface area contributed by atoms with Crippen LogP contribution in [0.3, 0.4) is 0 Å². The average Bonchev–Trinajstić information content (AvgIpc) is 3.71. The van der Waals surface area contributed by atoms with Crippen molar-refractivity contribution < 1.29 is 30.0 Å². The summed E-state index contributed by atoms with van der Waals surface area (Å²) in [5.41, 5.74) is 1.29. The summed E-state index contributed by atoms with van der Waals surface area (Å²) < 4.78 is 5.44. The molecular weight excluding hydrogens is 504 g/mol. The lowest BCUT2D eigenvalue weighted by molar-refractivity contribution is -0.187. The van der Waals surface area contributed by atoms with Crippen molar-refractivity contribution in [2.75, 3.05) is 13.2 Å². The van der Waals surface area contributed by atoms with Crippen molar-refractivity contribution in [3.05, 3.63) is 11.6 Å². The molecule has 13 atom stereocenters. The molecule has 1 heterocycles. The van der Waals surface area contributed by atoms with Gasteiger partial charge in [0.15, 0.2) is 0 Å². The van der Waals surface area contributed by atoms with Crippen molar-refractivity contribution in [3.63, 3.8) is 0 Å². The zero-order chi connectivity index (χ0) is 28.8. The number of hydrogen-bond acceptors (Lipinski definition) is 6. The summed E-state index contributed by atoms with van der Waals surface area (Å²) in [6.07, 6.45) is 10.4. The molecule has 0 spiro atoms. The normalized spacial score (nSPS) is 50.8. The Kier molecular flexibility index (Phi) is 7.23. The Morgan fingerprint density at radius 3 is 2.40 bits per heavy atom. The smallest absolute Gasteiger partial charge is 0.147 e. The minimum atomic E-state index is -1.08. The van der Waals surface area contributed by atoms with Crippen molar-refractivity contribution in [2.24, 2.45) is 57.2 Å². The summed E-state index contributed by atoms with van der Waals surface area (Å²) in [7, 11) is 0. The van der Waals surface area contributed by atoms with Gasteiger partial charge in [-0.25, -0.2) is 0 Å². The van der Waals surface area contributed by atoms with Gasteiger partial charge in [0.05, 0.1) is 31.3 Å². The number of aliphatic hydroxyl groups excluding tert-OH is 4. The van der Waals surface area contributed by atoms with Crippen LogP contribution < -0.4 is 0 Å². The van der Waals surface area contributed by atoms with E-state index in [4.69, 9.17) is 4.74 Å². The van der Waals surface area contributed by atoms with E-state index in [0.29, 0.717) is 23.7 Å². The van der Waals surface area contributed by atoms with Gasteiger partial charge >= 0.3 is 0 Å². The van der Waals surface area contributed by atoms with Crippen LogP contribution in [0, 0.1) is 57.2 Å². The lowest BCUT2D eigenvalue weighted by Crippen LogP contribution is -2.62. The van der Waals surface area contributed by atoms with Crippen molar-refractivity contribution in [3.8, 4) is 0 Å². The van der Waals surface area contributed by atoms with Crippen molar-refractivity contribution in [1.29, 1.82) is 0 Å². The maximum absolute atomic E-state index is 14.5. The highest BCUT2D eigenvalue weighted by molar-refractivity contribution is 5.89. The monoisotopic (exact) mass is 558 g/mol. The quantitative estimate of drug-likeness (QED) is 0.279. The molecular formula is C34H54O6.